The zero-order chi connectivity index (χ0) is 18.3. The maximum atomic E-state index is 14.7. The Morgan fingerprint density at radius 2 is 1.92 bits per heavy atom. The SMILES string of the molecule is CCc1nn(-c2cc3c(C(C)C)coc(=O)c3cc2F)c(=O)n1CC. The van der Waals surface area contributed by atoms with Gasteiger partial charge < -0.3 is 4.42 Å². The summed E-state index contributed by atoms with van der Waals surface area (Å²) in [5, 5.41) is 4.99. The summed E-state index contributed by atoms with van der Waals surface area (Å²) in [6, 6.07) is 2.62. The summed E-state index contributed by atoms with van der Waals surface area (Å²) in [5.74, 6) is -0.0313. The van der Waals surface area contributed by atoms with Gasteiger partial charge in [-0.1, -0.05) is 20.8 Å². The van der Waals surface area contributed by atoms with E-state index in [9.17, 15) is 14.0 Å². The van der Waals surface area contributed by atoms with Gasteiger partial charge in [0.1, 0.15) is 17.3 Å². The lowest BCUT2D eigenvalue weighted by Gasteiger charge is -2.10. The third-order valence-electron chi connectivity index (χ3n) is 4.33. The molecule has 132 valence electrons. The van der Waals surface area contributed by atoms with Crippen LogP contribution in [0.4, 0.5) is 4.39 Å². The third kappa shape index (κ3) is 2.69. The van der Waals surface area contributed by atoms with Crippen molar-refractivity contribution in [2.24, 2.45) is 0 Å². The number of halogens is 1. The van der Waals surface area contributed by atoms with Crippen LogP contribution in [0.5, 0.6) is 0 Å². The van der Waals surface area contributed by atoms with Crippen LogP contribution in [-0.2, 0) is 13.0 Å². The first kappa shape index (κ1) is 17.1. The average molecular weight is 345 g/mol. The number of hydrogen-bond acceptors (Lipinski definition) is 4. The molecule has 0 aliphatic carbocycles. The van der Waals surface area contributed by atoms with Gasteiger partial charge in [0.15, 0.2) is 0 Å². The van der Waals surface area contributed by atoms with Crippen LogP contribution in [0.1, 0.15) is 45.0 Å². The zero-order valence-electron chi connectivity index (χ0n) is 14.7. The second-order valence-corrected chi connectivity index (χ2v) is 6.19. The van der Waals surface area contributed by atoms with Crippen LogP contribution in [0.25, 0.3) is 16.5 Å². The van der Waals surface area contributed by atoms with Gasteiger partial charge in [0.05, 0.1) is 11.6 Å². The molecule has 0 saturated carbocycles. The molecule has 0 amide bonds. The molecule has 0 saturated heterocycles. The number of fused-ring (bicyclic) bond motifs is 1. The van der Waals surface area contributed by atoms with Gasteiger partial charge in [-0.15, -0.1) is 5.10 Å². The van der Waals surface area contributed by atoms with Crippen molar-refractivity contribution in [3.63, 3.8) is 0 Å². The zero-order valence-corrected chi connectivity index (χ0v) is 14.7. The standard InChI is InChI=1S/C18H20FN3O3/c1-5-16-20-22(18(24)21(16)6-2)15-8-11-12(7-14(15)19)17(23)25-9-13(11)10(3)4/h7-10H,5-6H2,1-4H3. The molecule has 0 aliphatic heterocycles. The second-order valence-electron chi connectivity index (χ2n) is 6.19. The average Bonchev–Trinajstić information content (AvgIpc) is 2.90. The Kier molecular flexibility index (Phi) is 4.32. The van der Waals surface area contributed by atoms with Crippen LogP contribution in [0.3, 0.4) is 0 Å². The molecule has 0 fully saturated rings. The number of nitrogens with zero attached hydrogens (tertiary/aromatic N) is 3. The Hall–Kier alpha value is -2.70. The molecule has 0 unspecified atom stereocenters. The number of rotatable bonds is 4. The fourth-order valence-corrected chi connectivity index (χ4v) is 3.00. The summed E-state index contributed by atoms with van der Waals surface area (Å²) in [4.78, 5) is 24.5. The Bertz CT molecular complexity index is 1060. The van der Waals surface area contributed by atoms with Gasteiger partial charge in [-0.2, -0.15) is 4.68 Å². The highest BCUT2D eigenvalue weighted by atomic mass is 19.1. The van der Waals surface area contributed by atoms with E-state index in [4.69, 9.17) is 4.42 Å². The second kappa shape index (κ2) is 6.31. The monoisotopic (exact) mass is 345 g/mol. The summed E-state index contributed by atoms with van der Waals surface area (Å²) in [6.07, 6.45) is 1.95. The van der Waals surface area contributed by atoms with E-state index in [1.807, 2.05) is 27.7 Å². The van der Waals surface area contributed by atoms with E-state index in [0.717, 1.165) is 16.3 Å². The fourth-order valence-electron chi connectivity index (χ4n) is 3.00. The maximum absolute atomic E-state index is 14.7. The van der Waals surface area contributed by atoms with Crippen LogP contribution in [0.2, 0.25) is 0 Å². The summed E-state index contributed by atoms with van der Waals surface area (Å²) in [6.45, 7) is 8.08. The van der Waals surface area contributed by atoms with E-state index in [1.165, 1.54) is 16.9 Å². The first-order chi connectivity index (χ1) is 11.9. The van der Waals surface area contributed by atoms with Crippen LogP contribution in [0, 0.1) is 5.82 Å². The lowest BCUT2D eigenvalue weighted by atomic mass is 9.99. The predicted molar refractivity (Wildman–Crippen MR) is 93.0 cm³/mol. The Labute approximate surface area is 143 Å². The minimum absolute atomic E-state index is 0.0342. The molecule has 0 atom stereocenters. The summed E-state index contributed by atoms with van der Waals surface area (Å²) < 4.78 is 22.2. The molecular weight excluding hydrogens is 325 g/mol. The molecule has 6 nitrogen and oxygen atoms in total. The van der Waals surface area contributed by atoms with E-state index in [-0.39, 0.29) is 17.0 Å². The molecule has 1 aromatic carbocycles. The highest BCUT2D eigenvalue weighted by molar-refractivity contribution is 5.86. The summed E-state index contributed by atoms with van der Waals surface area (Å²) in [7, 11) is 0. The molecule has 0 aliphatic rings. The van der Waals surface area contributed by atoms with E-state index in [0.29, 0.717) is 24.2 Å². The van der Waals surface area contributed by atoms with Gasteiger partial charge in [0.25, 0.3) is 0 Å². The lowest BCUT2D eigenvalue weighted by molar-refractivity contribution is 0.509. The fraction of sp³-hybridized carbons (Fsp3) is 0.389. The van der Waals surface area contributed by atoms with Crippen molar-refractivity contribution in [1.82, 2.24) is 14.3 Å². The van der Waals surface area contributed by atoms with E-state index in [2.05, 4.69) is 5.10 Å². The highest BCUT2D eigenvalue weighted by Crippen LogP contribution is 2.26. The summed E-state index contributed by atoms with van der Waals surface area (Å²) >= 11 is 0. The molecule has 2 heterocycles. The molecule has 2 aromatic heterocycles. The number of aryl methyl sites for hydroxylation is 1. The van der Waals surface area contributed by atoms with Gasteiger partial charge in [-0.3, -0.25) is 4.57 Å². The van der Waals surface area contributed by atoms with Crippen molar-refractivity contribution in [1.29, 1.82) is 0 Å². The minimum Gasteiger partial charge on any atom is -0.431 e. The van der Waals surface area contributed by atoms with Gasteiger partial charge >= 0.3 is 11.3 Å². The van der Waals surface area contributed by atoms with Crippen molar-refractivity contribution in [2.45, 2.75) is 46.6 Å². The lowest BCUT2D eigenvalue weighted by Crippen LogP contribution is -2.24. The van der Waals surface area contributed by atoms with Crippen LogP contribution in [-0.4, -0.2) is 14.3 Å². The van der Waals surface area contributed by atoms with Gasteiger partial charge in [-0.25, -0.2) is 14.0 Å². The quantitative estimate of drug-likeness (QED) is 0.729. The van der Waals surface area contributed by atoms with Crippen molar-refractivity contribution >= 4 is 10.8 Å². The Morgan fingerprint density at radius 3 is 2.48 bits per heavy atom. The van der Waals surface area contributed by atoms with Crippen molar-refractivity contribution in [2.75, 3.05) is 0 Å². The molecule has 0 spiro atoms. The van der Waals surface area contributed by atoms with Crippen molar-refractivity contribution in [3.8, 4) is 5.69 Å². The molecular formula is C18H20FN3O3. The third-order valence-corrected chi connectivity index (χ3v) is 4.33. The van der Waals surface area contributed by atoms with Gasteiger partial charge in [0.2, 0.25) is 0 Å². The Balaban J connectivity index is 2.37. The van der Waals surface area contributed by atoms with Crippen molar-refractivity contribution < 1.29 is 8.81 Å². The molecule has 3 rings (SSSR count). The van der Waals surface area contributed by atoms with Crippen LogP contribution in [0.15, 0.2) is 32.4 Å². The largest absolute Gasteiger partial charge is 0.431 e. The molecule has 0 N–H and O–H groups in total. The molecule has 0 bridgehead atoms. The number of hydrogen-bond donors (Lipinski definition) is 0. The van der Waals surface area contributed by atoms with Crippen molar-refractivity contribution in [3.05, 3.63) is 56.5 Å². The number of benzene rings is 1. The first-order valence-corrected chi connectivity index (χ1v) is 8.33. The van der Waals surface area contributed by atoms with Crippen LogP contribution < -0.4 is 11.3 Å². The van der Waals surface area contributed by atoms with E-state index < -0.39 is 17.1 Å². The van der Waals surface area contributed by atoms with Crippen LogP contribution >= 0.6 is 0 Å². The van der Waals surface area contributed by atoms with E-state index >= 15 is 0 Å². The van der Waals surface area contributed by atoms with Gasteiger partial charge in [0, 0.05) is 13.0 Å². The van der Waals surface area contributed by atoms with E-state index in [1.54, 1.807) is 0 Å². The highest BCUT2D eigenvalue weighted by Gasteiger charge is 2.19. The predicted octanol–water partition coefficient (Wildman–Crippen LogP) is 2.99. The maximum Gasteiger partial charge on any atom is 0.350 e. The molecule has 25 heavy (non-hydrogen) atoms. The first-order valence-electron chi connectivity index (χ1n) is 8.33. The topological polar surface area (TPSA) is 70.0 Å². The van der Waals surface area contributed by atoms with Gasteiger partial charge in [-0.05, 0) is 35.9 Å². The molecule has 3 aromatic rings. The minimum atomic E-state index is -0.689. The molecule has 7 heteroatoms. The number of aromatic nitrogens is 3. The molecule has 0 radical (unpaired) electrons. The smallest absolute Gasteiger partial charge is 0.350 e. The summed E-state index contributed by atoms with van der Waals surface area (Å²) in [5.41, 5.74) is -0.196. The Morgan fingerprint density at radius 1 is 1.20 bits per heavy atom. The normalized spacial score (nSPS) is 11.6.